The molecule has 0 saturated carbocycles. The standard InChI is InChI=1S/C28H44N2O3/c1-3-4-5-6-7-8-9-10-11-12-13-14-15-16-17-19-27(31)29-21-18-22-30-23-20-26(28(32)33)25(2)24-30/h7-8,10-11,20,23-24H,3-6,9,12-19,21-22H2,1-2H3,(H-,29,31,32,33)/p+1/b8-7-,11-10-. The number of aryl methyl sites for hydroxylation is 2. The molecule has 5 heteroatoms. The fraction of sp³-hybridized carbons (Fsp3) is 0.607. The quantitative estimate of drug-likeness (QED) is 0.145. The van der Waals surface area contributed by atoms with Crippen molar-refractivity contribution in [2.75, 3.05) is 6.54 Å². The zero-order chi connectivity index (χ0) is 24.2. The lowest BCUT2D eigenvalue weighted by Gasteiger charge is -2.05. The number of hydrogen-bond donors (Lipinski definition) is 2. The third kappa shape index (κ3) is 15.1. The molecule has 1 heterocycles. The predicted molar refractivity (Wildman–Crippen MR) is 135 cm³/mol. The van der Waals surface area contributed by atoms with Crippen LogP contribution in [0.3, 0.4) is 0 Å². The fourth-order valence-corrected chi connectivity index (χ4v) is 3.72. The molecular weight excluding hydrogens is 412 g/mol. The van der Waals surface area contributed by atoms with E-state index in [1.807, 2.05) is 10.8 Å². The second-order valence-corrected chi connectivity index (χ2v) is 8.77. The van der Waals surface area contributed by atoms with Crippen LogP contribution >= 0.6 is 0 Å². The molecule has 0 atom stereocenters. The molecule has 0 aliphatic carbocycles. The highest BCUT2D eigenvalue weighted by Crippen LogP contribution is 2.08. The van der Waals surface area contributed by atoms with Crippen LogP contribution in [0, 0.1) is 6.92 Å². The van der Waals surface area contributed by atoms with E-state index in [1.165, 1.54) is 44.9 Å². The summed E-state index contributed by atoms with van der Waals surface area (Å²) in [5.74, 6) is -0.775. The van der Waals surface area contributed by atoms with Gasteiger partial charge in [0.2, 0.25) is 5.91 Å². The molecule has 1 aromatic rings. The molecular formula is C28H45N2O3+. The topological polar surface area (TPSA) is 70.3 Å². The van der Waals surface area contributed by atoms with Crippen molar-refractivity contribution >= 4 is 11.9 Å². The van der Waals surface area contributed by atoms with Crippen LogP contribution in [0.1, 0.15) is 106 Å². The number of nitrogens with one attached hydrogen (secondary N) is 1. The van der Waals surface area contributed by atoms with Crippen LogP contribution in [0.25, 0.3) is 0 Å². The average Bonchev–Trinajstić information content (AvgIpc) is 2.79. The van der Waals surface area contributed by atoms with Gasteiger partial charge in [0.15, 0.2) is 12.4 Å². The normalized spacial score (nSPS) is 11.5. The summed E-state index contributed by atoms with van der Waals surface area (Å²) < 4.78 is 1.97. The van der Waals surface area contributed by atoms with Crippen LogP contribution in [0.4, 0.5) is 0 Å². The number of aromatic nitrogens is 1. The fourth-order valence-electron chi connectivity index (χ4n) is 3.72. The van der Waals surface area contributed by atoms with Crippen molar-refractivity contribution in [3.63, 3.8) is 0 Å². The second-order valence-electron chi connectivity index (χ2n) is 8.77. The van der Waals surface area contributed by atoms with Gasteiger partial charge < -0.3 is 10.4 Å². The number of carboxylic acids is 1. The van der Waals surface area contributed by atoms with Gasteiger partial charge in [0.05, 0.1) is 5.56 Å². The molecule has 2 N–H and O–H groups in total. The maximum Gasteiger partial charge on any atom is 0.336 e. The number of carbonyl (C=O) groups is 2. The van der Waals surface area contributed by atoms with Crippen molar-refractivity contribution in [3.8, 4) is 0 Å². The molecule has 1 rings (SSSR count). The number of carbonyl (C=O) groups excluding carboxylic acids is 1. The third-order valence-corrected chi connectivity index (χ3v) is 5.72. The SMILES string of the molecule is CCCCC/C=C\C/C=C\CCCCCCCC(=O)NCCC[n+]1ccc(C(=O)O)c(C)c1. The minimum absolute atomic E-state index is 0.128. The van der Waals surface area contributed by atoms with Crippen LogP contribution in [-0.4, -0.2) is 23.5 Å². The van der Waals surface area contributed by atoms with Crippen LogP contribution in [0.15, 0.2) is 42.8 Å². The van der Waals surface area contributed by atoms with Gasteiger partial charge in [-0.25, -0.2) is 9.36 Å². The summed E-state index contributed by atoms with van der Waals surface area (Å²) >= 11 is 0. The number of aromatic carboxylic acids is 1. The number of unbranched alkanes of at least 4 members (excludes halogenated alkanes) is 8. The molecule has 0 radical (unpaired) electrons. The highest BCUT2D eigenvalue weighted by molar-refractivity contribution is 5.88. The molecule has 5 nitrogen and oxygen atoms in total. The highest BCUT2D eigenvalue weighted by Gasteiger charge is 2.11. The first-order chi connectivity index (χ1) is 16.0. The molecule has 0 aromatic carbocycles. The van der Waals surface area contributed by atoms with Crippen LogP contribution < -0.4 is 9.88 Å². The Morgan fingerprint density at radius 2 is 1.61 bits per heavy atom. The van der Waals surface area contributed by atoms with Crippen LogP contribution in [0.5, 0.6) is 0 Å². The Kier molecular flexibility index (Phi) is 16.5. The molecule has 33 heavy (non-hydrogen) atoms. The zero-order valence-electron chi connectivity index (χ0n) is 20.9. The molecule has 0 aliphatic rings. The number of nitrogens with zero attached hydrogens (tertiary/aromatic N) is 1. The summed E-state index contributed by atoms with van der Waals surface area (Å²) in [5, 5.41) is 12.1. The van der Waals surface area contributed by atoms with E-state index in [1.54, 1.807) is 19.2 Å². The van der Waals surface area contributed by atoms with E-state index in [4.69, 9.17) is 5.11 Å². The lowest BCUT2D eigenvalue weighted by Crippen LogP contribution is -2.36. The van der Waals surface area contributed by atoms with E-state index in [2.05, 4.69) is 36.5 Å². The molecule has 0 spiro atoms. The van der Waals surface area contributed by atoms with Crippen molar-refractivity contribution in [3.05, 3.63) is 53.9 Å². The summed E-state index contributed by atoms with van der Waals surface area (Å²) in [5.41, 5.74) is 1.08. The zero-order valence-corrected chi connectivity index (χ0v) is 20.9. The Morgan fingerprint density at radius 1 is 0.939 bits per heavy atom. The lowest BCUT2D eigenvalue weighted by atomic mass is 10.1. The number of carboxylic acid groups (broad SMARTS) is 1. The van der Waals surface area contributed by atoms with Gasteiger partial charge in [-0.1, -0.05) is 63.3 Å². The van der Waals surface area contributed by atoms with E-state index < -0.39 is 5.97 Å². The maximum absolute atomic E-state index is 12.0. The molecule has 0 aliphatic heterocycles. The van der Waals surface area contributed by atoms with Gasteiger partial charge in [-0.2, -0.15) is 0 Å². The van der Waals surface area contributed by atoms with E-state index in [0.29, 0.717) is 18.5 Å². The largest absolute Gasteiger partial charge is 0.478 e. The van der Waals surface area contributed by atoms with Gasteiger partial charge in [-0.05, 0) is 45.4 Å². The summed E-state index contributed by atoms with van der Waals surface area (Å²) in [7, 11) is 0. The summed E-state index contributed by atoms with van der Waals surface area (Å²) in [4.78, 5) is 23.0. The molecule has 184 valence electrons. The van der Waals surface area contributed by atoms with E-state index in [0.717, 1.165) is 44.2 Å². The number of pyridine rings is 1. The van der Waals surface area contributed by atoms with Crippen LogP contribution in [0.2, 0.25) is 0 Å². The van der Waals surface area contributed by atoms with Gasteiger partial charge in [-0.3, -0.25) is 4.79 Å². The van der Waals surface area contributed by atoms with Gasteiger partial charge >= 0.3 is 5.97 Å². The summed E-state index contributed by atoms with van der Waals surface area (Å²) in [6, 6.07) is 1.63. The molecule has 0 unspecified atom stereocenters. The summed E-state index contributed by atoms with van der Waals surface area (Å²) in [6.45, 7) is 5.44. The second kappa shape index (κ2) is 19.1. The minimum atomic E-state index is -0.903. The van der Waals surface area contributed by atoms with E-state index in [9.17, 15) is 9.59 Å². The number of allylic oxidation sites excluding steroid dienone is 4. The summed E-state index contributed by atoms with van der Waals surface area (Å²) in [6.07, 6.45) is 27.3. The van der Waals surface area contributed by atoms with E-state index in [-0.39, 0.29) is 5.91 Å². The Bertz CT molecular complexity index is 741. The van der Waals surface area contributed by atoms with Gasteiger partial charge in [0.25, 0.3) is 0 Å². The van der Waals surface area contributed by atoms with Crippen LogP contribution in [-0.2, 0) is 11.3 Å². The first-order valence-electron chi connectivity index (χ1n) is 12.8. The molecule has 0 saturated heterocycles. The first-order valence-corrected chi connectivity index (χ1v) is 12.8. The lowest BCUT2D eigenvalue weighted by molar-refractivity contribution is -0.697. The van der Waals surface area contributed by atoms with Gasteiger partial charge in [-0.15, -0.1) is 0 Å². The molecule has 0 bridgehead atoms. The Morgan fingerprint density at radius 3 is 2.27 bits per heavy atom. The van der Waals surface area contributed by atoms with Gasteiger partial charge in [0.1, 0.15) is 6.54 Å². The molecule has 0 fully saturated rings. The average molecular weight is 458 g/mol. The Labute approximate surface area is 201 Å². The molecule has 1 aromatic heterocycles. The van der Waals surface area contributed by atoms with Gasteiger partial charge in [0, 0.05) is 31.0 Å². The number of amides is 1. The predicted octanol–water partition coefficient (Wildman–Crippen LogP) is 6.30. The van der Waals surface area contributed by atoms with Crippen molar-refractivity contribution in [2.24, 2.45) is 0 Å². The third-order valence-electron chi connectivity index (χ3n) is 5.72. The smallest absolute Gasteiger partial charge is 0.336 e. The maximum atomic E-state index is 12.0. The van der Waals surface area contributed by atoms with Crippen molar-refractivity contribution in [1.29, 1.82) is 0 Å². The minimum Gasteiger partial charge on any atom is -0.478 e. The first kappa shape index (κ1) is 28.6. The number of rotatable bonds is 19. The van der Waals surface area contributed by atoms with E-state index >= 15 is 0 Å². The van der Waals surface area contributed by atoms with Crippen molar-refractivity contribution in [1.82, 2.24) is 5.32 Å². The van der Waals surface area contributed by atoms with Crippen molar-refractivity contribution in [2.45, 2.75) is 104 Å². The highest BCUT2D eigenvalue weighted by atomic mass is 16.4. The Hall–Kier alpha value is -2.43. The molecule has 1 amide bonds. The van der Waals surface area contributed by atoms with Crippen molar-refractivity contribution < 1.29 is 19.3 Å². The monoisotopic (exact) mass is 457 g/mol. The number of hydrogen-bond acceptors (Lipinski definition) is 2. The Balaban J connectivity index is 1.94.